The lowest BCUT2D eigenvalue weighted by Crippen LogP contribution is -2.23. The highest BCUT2D eigenvalue weighted by Gasteiger charge is 2.15. The molecule has 2 aromatic rings. The van der Waals surface area contributed by atoms with Crippen LogP contribution < -0.4 is 10.5 Å². The number of nitrogens with two attached hydrogens (primary N) is 1. The Balaban J connectivity index is 2.18. The van der Waals surface area contributed by atoms with E-state index in [0.29, 0.717) is 5.56 Å². The van der Waals surface area contributed by atoms with Crippen molar-refractivity contribution >= 4 is 10.0 Å². The fourth-order valence-corrected chi connectivity index (χ4v) is 2.59. The van der Waals surface area contributed by atoms with E-state index < -0.39 is 15.8 Å². The van der Waals surface area contributed by atoms with Gasteiger partial charge < -0.3 is 10.2 Å². The van der Waals surface area contributed by atoms with Crippen LogP contribution in [0.15, 0.2) is 46.1 Å². The average molecular weight is 308 g/mol. The van der Waals surface area contributed by atoms with Crippen molar-refractivity contribution in [2.24, 2.45) is 5.73 Å². The summed E-state index contributed by atoms with van der Waals surface area (Å²) in [6, 6.07) is 5.17. The summed E-state index contributed by atoms with van der Waals surface area (Å²) in [7, 11) is -3.80. The zero-order valence-corrected chi connectivity index (χ0v) is 11.8. The lowest BCUT2D eigenvalue weighted by molar-refractivity contribution is 0.560. The third-order valence-electron chi connectivity index (χ3n) is 2.62. The van der Waals surface area contributed by atoms with Crippen LogP contribution in [-0.4, -0.2) is 15.0 Å². The second-order valence-corrected chi connectivity index (χ2v) is 5.87. The molecule has 2 rings (SSSR count). The second kappa shape index (κ2) is 6.54. The topological polar surface area (TPSA) is 85.3 Å². The second-order valence-electron chi connectivity index (χ2n) is 4.10. The van der Waals surface area contributed by atoms with Crippen LogP contribution in [0.1, 0.15) is 11.1 Å². The number of benzene rings is 1. The minimum Gasteiger partial charge on any atom is -0.472 e. The first-order valence-electron chi connectivity index (χ1n) is 6.02. The highest BCUT2D eigenvalue weighted by molar-refractivity contribution is 7.89. The summed E-state index contributed by atoms with van der Waals surface area (Å²) < 4.78 is 45.0. The molecular formula is C14H13FN2O3S. The molecule has 0 radical (unpaired) electrons. The van der Waals surface area contributed by atoms with Crippen molar-refractivity contribution in [3.63, 3.8) is 0 Å². The molecular weight excluding hydrogens is 295 g/mol. The zero-order valence-electron chi connectivity index (χ0n) is 11.0. The van der Waals surface area contributed by atoms with Gasteiger partial charge in [-0.3, -0.25) is 0 Å². The summed E-state index contributed by atoms with van der Waals surface area (Å²) in [4.78, 5) is -0.165. The van der Waals surface area contributed by atoms with E-state index in [4.69, 9.17) is 10.2 Å². The molecule has 0 aliphatic heterocycles. The molecule has 3 N–H and O–H groups in total. The lowest BCUT2D eigenvalue weighted by atomic mass is 10.2. The van der Waals surface area contributed by atoms with Crippen LogP contribution in [0.4, 0.5) is 4.39 Å². The smallest absolute Gasteiger partial charge is 0.240 e. The van der Waals surface area contributed by atoms with E-state index in [-0.39, 0.29) is 23.5 Å². The molecule has 0 unspecified atom stereocenters. The van der Waals surface area contributed by atoms with E-state index in [1.807, 2.05) is 0 Å². The number of sulfonamides is 1. The van der Waals surface area contributed by atoms with Crippen molar-refractivity contribution in [2.75, 3.05) is 6.54 Å². The van der Waals surface area contributed by atoms with Crippen LogP contribution in [0.25, 0.3) is 0 Å². The van der Waals surface area contributed by atoms with Crippen molar-refractivity contribution in [1.82, 2.24) is 4.72 Å². The maximum Gasteiger partial charge on any atom is 0.240 e. The van der Waals surface area contributed by atoms with Gasteiger partial charge in [-0.25, -0.2) is 17.5 Å². The van der Waals surface area contributed by atoms with Crippen molar-refractivity contribution in [3.05, 3.63) is 53.7 Å². The van der Waals surface area contributed by atoms with E-state index in [1.165, 1.54) is 24.7 Å². The summed E-state index contributed by atoms with van der Waals surface area (Å²) in [5.41, 5.74) is 5.98. The van der Waals surface area contributed by atoms with Gasteiger partial charge >= 0.3 is 0 Å². The third kappa shape index (κ3) is 3.92. The molecule has 21 heavy (non-hydrogen) atoms. The van der Waals surface area contributed by atoms with E-state index in [1.54, 1.807) is 6.07 Å². The van der Waals surface area contributed by atoms with Crippen molar-refractivity contribution in [3.8, 4) is 11.8 Å². The largest absolute Gasteiger partial charge is 0.472 e. The van der Waals surface area contributed by atoms with Gasteiger partial charge in [-0.2, -0.15) is 0 Å². The molecule has 5 nitrogen and oxygen atoms in total. The highest BCUT2D eigenvalue weighted by Crippen LogP contribution is 2.14. The Morgan fingerprint density at radius 2 is 2.14 bits per heavy atom. The van der Waals surface area contributed by atoms with Gasteiger partial charge in [-0.15, -0.1) is 0 Å². The summed E-state index contributed by atoms with van der Waals surface area (Å²) in [6.45, 7) is 0.168. The Kier molecular flexibility index (Phi) is 4.75. The first kappa shape index (κ1) is 15.3. The number of nitrogens with one attached hydrogen (secondary N) is 1. The van der Waals surface area contributed by atoms with Crippen molar-refractivity contribution in [2.45, 2.75) is 11.4 Å². The zero-order chi connectivity index (χ0) is 15.3. The molecule has 0 fully saturated rings. The number of halogens is 1. The Hall–Kier alpha value is -2.14. The minimum atomic E-state index is -3.80. The molecule has 0 amide bonds. The molecule has 7 heteroatoms. The van der Waals surface area contributed by atoms with E-state index >= 15 is 0 Å². The van der Waals surface area contributed by atoms with Gasteiger partial charge in [0, 0.05) is 12.1 Å². The summed E-state index contributed by atoms with van der Waals surface area (Å²) in [5, 5.41) is 0. The van der Waals surface area contributed by atoms with Gasteiger partial charge in [0.05, 0.1) is 29.5 Å². The standard InChI is InChI=1S/C14H13FN2O3S/c15-14-8-13(4-3-12(14)2-1-6-16)21(18,19)17-9-11-5-7-20-10-11/h3-5,7-8,10,17H,6,9,16H2. The first-order valence-corrected chi connectivity index (χ1v) is 7.50. The van der Waals surface area contributed by atoms with Gasteiger partial charge in [0.15, 0.2) is 0 Å². The highest BCUT2D eigenvalue weighted by atomic mass is 32.2. The molecule has 110 valence electrons. The molecule has 0 aliphatic carbocycles. The number of hydrogen-bond donors (Lipinski definition) is 2. The van der Waals surface area contributed by atoms with Crippen LogP contribution in [0.2, 0.25) is 0 Å². The molecule has 1 aromatic carbocycles. The van der Waals surface area contributed by atoms with Gasteiger partial charge in [-0.1, -0.05) is 11.8 Å². The Morgan fingerprint density at radius 3 is 2.76 bits per heavy atom. The van der Waals surface area contributed by atoms with Crippen LogP contribution in [0, 0.1) is 17.7 Å². The SMILES string of the molecule is NCC#Cc1ccc(S(=O)(=O)NCc2ccoc2)cc1F. The lowest BCUT2D eigenvalue weighted by Gasteiger charge is -2.06. The van der Waals surface area contributed by atoms with Crippen LogP contribution in [0.3, 0.4) is 0 Å². The fourth-order valence-electron chi connectivity index (χ4n) is 1.57. The first-order chi connectivity index (χ1) is 10.0. The minimum absolute atomic E-state index is 0.0647. The molecule has 0 spiro atoms. The number of hydrogen-bond acceptors (Lipinski definition) is 4. The third-order valence-corrected chi connectivity index (χ3v) is 4.02. The van der Waals surface area contributed by atoms with Gasteiger partial charge in [-0.05, 0) is 24.3 Å². The van der Waals surface area contributed by atoms with Crippen LogP contribution >= 0.6 is 0 Å². The van der Waals surface area contributed by atoms with Gasteiger partial charge in [0.1, 0.15) is 5.82 Å². The maximum absolute atomic E-state index is 13.8. The quantitative estimate of drug-likeness (QED) is 0.831. The van der Waals surface area contributed by atoms with E-state index in [0.717, 1.165) is 6.07 Å². The van der Waals surface area contributed by atoms with Gasteiger partial charge in [0.25, 0.3) is 0 Å². The Morgan fingerprint density at radius 1 is 1.33 bits per heavy atom. The summed E-state index contributed by atoms with van der Waals surface area (Å²) >= 11 is 0. The Bertz CT molecular complexity index is 774. The number of furan rings is 1. The monoisotopic (exact) mass is 308 g/mol. The predicted molar refractivity (Wildman–Crippen MR) is 75.1 cm³/mol. The fraction of sp³-hybridized carbons (Fsp3) is 0.143. The maximum atomic E-state index is 13.8. The van der Waals surface area contributed by atoms with Crippen LogP contribution in [-0.2, 0) is 16.6 Å². The Labute approximate surface area is 122 Å². The molecule has 1 aromatic heterocycles. The predicted octanol–water partition coefficient (Wildman–Crippen LogP) is 1.21. The molecule has 0 atom stereocenters. The molecule has 1 heterocycles. The number of rotatable bonds is 4. The van der Waals surface area contributed by atoms with Crippen LogP contribution in [0.5, 0.6) is 0 Å². The van der Waals surface area contributed by atoms with Crippen molar-refractivity contribution < 1.29 is 17.2 Å². The summed E-state index contributed by atoms with van der Waals surface area (Å²) in [5.74, 6) is 4.33. The molecule has 0 aliphatic rings. The van der Waals surface area contributed by atoms with Gasteiger partial charge in [0.2, 0.25) is 10.0 Å². The molecule has 0 saturated heterocycles. The molecule has 0 bridgehead atoms. The molecule has 0 saturated carbocycles. The van der Waals surface area contributed by atoms with E-state index in [2.05, 4.69) is 16.6 Å². The summed E-state index contributed by atoms with van der Waals surface area (Å²) in [6.07, 6.45) is 2.86. The van der Waals surface area contributed by atoms with E-state index in [9.17, 15) is 12.8 Å². The van der Waals surface area contributed by atoms with Crippen molar-refractivity contribution in [1.29, 1.82) is 0 Å². The average Bonchev–Trinajstić information content (AvgIpc) is 2.97. The normalized spacial score (nSPS) is 11.0.